The zero-order chi connectivity index (χ0) is 11.5. The van der Waals surface area contributed by atoms with E-state index >= 15 is 0 Å². The standard InChI is InChI=1S/C11H12Br2N2O.ClH/c12-9-5-8(6-10(13)7-9)11(16)15-3-1-14-2-4-15;/h5-7,14H,1-4H2;1H. The Morgan fingerprint density at radius 1 is 1.12 bits per heavy atom. The summed E-state index contributed by atoms with van der Waals surface area (Å²) in [5.41, 5.74) is 0.725. The normalized spacial score (nSPS) is 15.3. The van der Waals surface area contributed by atoms with Gasteiger partial charge in [0, 0.05) is 40.7 Å². The quantitative estimate of drug-likeness (QED) is 0.808. The van der Waals surface area contributed by atoms with Crippen molar-refractivity contribution >= 4 is 50.2 Å². The van der Waals surface area contributed by atoms with Crippen LogP contribution in [0, 0.1) is 0 Å². The number of amides is 1. The second kappa shape index (κ2) is 6.73. The predicted molar refractivity (Wildman–Crippen MR) is 77.9 cm³/mol. The summed E-state index contributed by atoms with van der Waals surface area (Å²) in [6.45, 7) is 3.31. The molecule has 0 atom stereocenters. The van der Waals surface area contributed by atoms with E-state index in [1.807, 2.05) is 23.1 Å². The van der Waals surface area contributed by atoms with Crippen LogP contribution in [-0.2, 0) is 0 Å². The van der Waals surface area contributed by atoms with Crippen molar-refractivity contribution in [3.05, 3.63) is 32.7 Å². The first-order valence-electron chi connectivity index (χ1n) is 5.13. The van der Waals surface area contributed by atoms with Gasteiger partial charge in [0.25, 0.3) is 5.91 Å². The highest BCUT2D eigenvalue weighted by Crippen LogP contribution is 2.21. The molecule has 1 saturated heterocycles. The number of halogens is 3. The smallest absolute Gasteiger partial charge is 0.254 e. The maximum atomic E-state index is 12.2. The highest BCUT2D eigenvalue weighted by Gasteiger charge is 2.18. The summed E-state index contributed by atoms with van der Waals surface area (Å²) in [6, 6.07) is 5.64. The number of nitrogens with one attached hydrogen (secondary N) is 1. The molecule has 0 aliphatic carbocycles. The number of piperazine rings is 1. The van der Waals surface area contributed by atoms with Crippen LogP contribution in [0.2, 0.25) is 0 Å². The average Bonchev–Trinajstić information content (AvgIpc) is 2.28. The van der Waals surface area contributed by atoms with Crippen LogP contribution in [-0.4, -0.2) is 37.0 Å². The second-order valence-electron chi connectivity index (χ2n) is 3.70. The molecular weight excluding hydrogens is 371 g/mol. The molecule has 0 unspecified atom stereocenters. The minimum absolute atomic E-state index is 0. The minimum Gasteiger partial charge on any atom is -0.336 e. The second-order valence-corrected chi connectivity index (χ2v) is 5.53. The SMILES string of the molecule is Cl.O=C(c1cc(Br)cc(Br)c1)N1CCNCC1. The van der Waals surface area contributed by atoms with Crippen molar-refractivity contribution in [3.8, 4) is 0 Å². The van der Waals surface area contributed by atoms with Crippen LogP contribution >= 0.6 is 44.3 Å². The summed E-state index contributed by atoms with van der Waals surface area (Å²) in [7, 11) is 0. The molecule has 1 aliphatic rings. The van der Waals surface area contributed by atoms with Crippen LogP contribution in [0.3, 0.4) is 0 Å². The molecule has 6 heteroatoms. The lowest BCUT2D eigenvalue weighted by Crippen LogP contribution is -2.46. The summed E-state index contributed by atoms with van der Waals surface area (Å²) in [4.78, 5) is 14.0. The van der Waals surface area contributed by atoms with Gasteiger partial charge in [-0.05, 0) is 18.2 Å². The summed E-state index contributed by atoms with van der Waals surface area (Å²) in [6.07, 6.45) is 0. The van der Waals surface area contributed by atoms with Crippen molar-refractivity contribution in [2.75, 3.05) is 26.2 Å². The Morgan fingerprint density at radius 3 is 2.18 bits per heavy atom. The lowest BCUT2D eigenvalue weighted by Gasteiger charge is -2.27. The number of benzene rings is 1. The molecule has 1 fully saturated rings. The first-order chi connectivity index (χ1) is 7.66. The number of nitrogens with zero attached hydrogens (tertiary/aromatic N) is 1. The Morgan fingerprint density at radius 2 is 1.65 bits per heavy atom. The van der Waals surface area contributed by atoms with Gasteiger partial charge in [-0.1, -0.05) is 31.9 Å². The zero-order valence-electron chi connectivity index (χ0n) is 9.08. The van der Waals surface area contributed by atoms with Crippen molar-refractivity contribution < 1.29 is 4.79 Å². The fourth-order valence-corrected chi connectivity index (χ4v) is 3.02. The van der Waals surface area contributed by atoms with Crippen molar-refractivity contribution in [1.29, 1.82) is 0 Å². The number of carbonyl (C=O) groups is 1. The van der Waals surface area contributed by atoms with Crippen LogP contribution in [0.4, 0.5) is 0 Å². The van der Waals surface area contributed by atoms with Crippen molar-refractivity contribution in [1.82, 2.24) is 10.2 Å². The van der Waals surface area contributed by atoms with Gasteiger partial charge in [0.2, 0.25) is 0 Å². The van der Waals surface area contributed by atoms with Gasteiger partial charge >= 0.3 is 0 Å². The highest BCUT2D eigenvalue weighted by atomic mass is 79.9. The van der Waals surface area contributed by atoms with E-state index in [0.717, 1.165) is 40.7 Å². The van der Waals surface area contributed by atoms with Gasteiger partial charge in [0.05, 0.1) is 0 Å². The van der Waals surface area contributed by atoms with Crippen LogP contribution in [0.15, 0.2) is 27.1 Å². The first kappa shape index (κ1) is 15.0. The molecule has 17 heavy (non-hydrogen) atoms. The zero-order valence-corrected chi connectivity index (χ0v) is 13.1. The van der Waals surface area contributed by atoms with Gasteiger partial charge in [-0.3, -0.25) is 4.79 Å². The summed E-state index contributed by atoms with van der Waals surface area (Å²) >= 11 is 6.78. The Hall–Kier alpha value is -0.100. The van der Waals surface area contributed by atoms with E-state index in [4.69, 9.17) is 0 Å². The van der Waals surface area contributed by atoms with E-state index in [1.54, 1.807) is 0 Å². The molecule has 1 heterocycles. The van der Waals surface area contributed by atoms with Gasteiger partial charge in [0.1, 0.15) is 0 Å². The Labute approximate surface area is 124 Å². The molecule has 1 aliphatic heterocycles. The molecule has 1 aromatic carbocycles. The maximum Gasteiger partial charge on any atom is 0.254 e. The Bertz CT molecular complexity index is 388. The van der Waals surface area contributed by atoms with Crippen LogP contribution in [0.25, 0.3) is 0 Å². The average molecular weight is 384 g/mol. The van der Waals surface area contributed by atoms with E-state index in [2.05, 4.69) is 37.2 Å². The fourth-order valence-electron chi connectivity index (χ4n) is 1.73. The van der Waals surface area contributed by atoms with Crippen LogP contribution < -0.4 is 5.32 Å². The molecule has 1 amide bonds. The van der Waals surface area contributed by atoms with Gasteiger partial charge in [-0.2, -0.15) is 0 Å². The molecular formula is C11H13Br2ClN2O. The fraction of sp³-hybridized carbons (Fsp3) is 0.364. The number of rotatable bonds is 1. The van der Waals surface area contributed by atoms with E-state index in [9.17, 15) is 4.79 Å². The number of hydrogen-bond donors (Lipinski definition) is 1. The topological polar surface area (TPSA) is 32.3 Å². The van der Waals surface area contributed by atoms with E-state index in [0.29, 0.717) is 0 Å². The molecule has 0 saturated carbocycles. The highest BCUT2D eigenvalue weighted by molar-refractivity contribution is 9.11. The van der Waals surface area contributed by atoms with Crippen molar-refractivity contribution in [2.45, 2.75) is 0 Å². The number of hydrogen-bond acceptors (Lipinski definition) is 2. The van der Waals surface area contributed by atoms with Gasteiger partial charge < -0.3 is 10.2 Å². The molecule has 1 aromatic rings. The van der Waals surface area contributed by atoms with Crippen LogP contribution in [0.5, 0.6) is 0 Å². The third-order valence-corrected chi connectivity index (χ3v) is 3.43. The van der Waals surface area contributed by atoms with Gasteiger partial charge in [0.15, 0.2) is 0 Å². The predicted octanol–water partition coefficient (Wildman–Crippen LogP) is 2.68. The molecule has 0 radical (unpaired) electrons. The first-order valence-corrected chi connectivity index (χ1v) is 6.71. The van der Waals surface area contributed by atoms with Crippen molar-refractivity contribution in [2.24, 2.45) is 0 Å². The summed E-state index contributed by atoms with van der Waals surface area (Å²) in [5, 5.41) is 3.23. The maximum absolute atomic E-state index is 12.2. The van der Waals surface area contributed by atoms with Gasteiger partial charge in [-0.25, -0.2) is 0 Å². The summed E-state index contributed by atoms with van der Waals surface area (Å²) in [5.74, 6) is 0.100. The third kappa shape index (κ3) is 3.95. The lowest BCUT2D eigenvalue weighted by molar-refractivity contribution is 0.0735. The third-order valence-electron chi connectivity index (χ3n) is 2.51. The van der Waals surface area contributed by atoms with E-state index < -0.39 is 0 Å². The molecule has 1 N–H and O–H groups in total. The summed E-state index contributed by atoms with van der Waals surface area (Å²) < 4.78 is 1.83. The monoisotopic (exact) mass is 382 g/mol. The molecule has 94 valence electrons. The number of carbonyl (C=O) groups excluding carboxylic acids is 1. The Balaban J connectivity index is 0.00000144. The van der Waals surface area contributed by atoms with Gasteiger partial charge in [-0.15, -0.1) is 12.4 Å². The molecule has 2 rings (SSSR count). The Kier molecular flexibility index (Phi) is 5.92. The molecule has 0 aromatic heterocycles. The van der Waals surface area contributed by atoms with Crippen molar-refractivity contribution in [3.63, 3.8) is 0 Å². The minimum atomic E-state index is 0. The largest absolute Gasteiger partial charge is 0.336 e. The van der Waals surface area contributed by atoms with Crippen LogP contribution in [0.1, 0.15) is 10.4 Å². The molecule has 0 bridgehead atoms. The lowest BCUT2D eigenvalue weighted by atomic mass is 10.2. The molecule has 0 spiro atoms. The van der Waals surface area contributed by atoms with E-state index in [1.165, 1.54) is 0 Å². The van der Waals surface area contributed by atoms with E-state index in [-0.39, 0.29) is 18.3 Å². The molecule has 3 nitrogen and oxygen atoms in total.